The van der Waals surface area contributed by atoms with Gasteiger partial charge in [0.1, 0.15) is 0 Å². The Morgan fingerprint density at radius 2 is 1.62 bits per heavy atom. The van der Waals surface area contributed by atoms with Gasteiger partial charge in [-0.1, -0.05) is 12.8 Å². The molecule has 1 fully saturated rings. The van der Waals surface area contributed by atoms with Gasteiger partial charge in [-0.3, -0.25) is 5.10 Å². The number of hydrogen-bond acceptors (Lipinski definition) is 7. The van der Waals surface area contributed by atoms with Crippen LogP contribution in [0.5, 0.6) is 23.1 Å². The molecule has 0 atom stereocenters. The molecule has 1 aromatic carbocycles. The van der Waals surface area contributed by atoms with E-state index in [1.54, 1.807) is 28.4 Å². The fourth-order valence-electron chi connectivity index (χ4n) is 4.05. The molecule has 3 aromatic rings. The van der Waals surface area contributed by atoms with Crippen molar-refractivity contribution in [3.63, 3.8) is 0 Å². The van der Waals surface area contributed by atoms with E-state index in [-0.39, 0.29) is 0 Å². The number of ether oxygens (including phenoxy) is 4. The maximum atomic E-state index is 5.58. The molecule has 0 amide bonds. The highest BCUT2D eigenvalue weighted by molar-refractivity contribution is 5.91. The van der Waals surface area contributed by atoms with Crippen molar-refractivity contribution in [3.8, 4) is 23.1 Å². The van der Waals surface area contributed by atoms with Gasteiger partial charge in [0.25, 0.3) is 0 Å². The molecule has 4 rings (SSSR count). The van der Waals surface area contributed by atoms with Gasteiger partial charge in [-0.25, -0.2) is 0 Å². The number of fused-ring (bicyclic) bond motifs is 1. The van der Waals surface area contributed by atoms with Crippen LogP contribution in [0, 0.1) is 0 Å². The van der Waals surface area contributed by atoms with Gasteiger partial charge in [-0.05, 0) is 18.9 Å². The topological polar surface area (TPSA) is 81.7 Å². The second kappa shape index (κ2) is 8.06. The van der Waals surface area contributed by atoms with Crippen molar-refractivity contribution in [2.75, 3.05) is 33.3 Å². The molecule has 0 radical (unpaired) electrons. The van der Waals surface area contributed by atoms with Crippen molar-refractivity contribution in [2.45, 2.75) is 31.7 Å². The summed E-state index contributed by atoms with van der Waals surface area (Å²) < 4.78 is 21.9. The highest BCUT2D eigenvalue weighted by atomic mass is 16.5. The van der Waals surface area contributed by atoms with Crippen molar-refractivity contribution in [1.29, 1.82) is 0 Å². The lowest BCUT2D eigenvalue weighted by molar-refractivity contribution is 0.324. The number of nitrogens with zero attached hydrogens (tertiary/aromatic N) is 3. The fraction of sp³-hybridized carbons (Fsp3) is 0.429. The predicted octanol–water partition coefficient (Wildman–Crippen LogP) is 4.07. The number of aromatic amines is 1. The summed E-state index contributed by atoms with van der Waals surface area (Å²) in [5.41, 5.74) is 1.63. The molecule has 2 heterocycles. The lowest BCUT2D eigenvalue weighted by Gasteiger charge is -2.30. The summed E-state index contributed by atoms with van der Waals surface area (Å²) in [7, 11) is 6.46. The van der Waals surface area contributed by atoms with Crippen LogP contribution in [0.3, 0.4) is 0 Å². The number of hydrogen-bond donors (Lipinski definition) is 1. The summed E-state index contributed by atoms with van der Waals surface area (Å²) in [4.78, 5) is 6.73. The van der Waals surface area contributed by atoms with Crippen LogP contribution in [0.1, 0.15) is 25.7 Å². The van der Waals surface area contributed by atoms with E-state index in [4.69, 9.17) is 18.9 Å². The molecule has 1 aliphatic carbocycles. The molecule has 0 spiro atoms. The van der Waals surface area contributed by atoms with E-state index in [1.807, 2.05) is 24.3 Å². The van der Waals surface area contributed by atoms with Crippen LogP contribution in [0.25, 0.3) is 11.0 Å². The van der Waals surface area contributed by atoms with Crippen molar-refractivity contribution >= 4 is 22.5 Å². The molecular formula is C21H26N4O4. The van der Waals surface area contributed by atoms with Gasteiger partial charge in [0.05, 0.1) is 39.5 Å². The maximum Gasteiger partial charge on any atom is 0.214 e. The standard InChI is InChI=1S/C21H26N4O4/c1-26-16-11-14(12-17(27-2)19(16)29-4)25(13-7-5-6-8-13)21-15-9-10-18(28-3)22-20(15)23-24-21/h9-13H,5-8H2,1-4H3,(H,22,23,24). The van der Waals surface area contributed by atoms with Gasteiger partial charge in [-0.2, -0.15) is 10.1 Å². The van der Waals surface area contributed by atoms with Crippen LogP contribution in [-0.4, -0.2) is 49.7 Å². The minimum Gasteiger partial charge on any atom is -0.493 e. The number of aromatic nitrogens is 3. The van der Waals surface area contributed by atoms with Crippen LogP contribution in [0.15, 0.2) is 24.3 Å². The van der Waals surface area contributed by atoms with Crippen molar-refractivity contribution < 1.29 is 18.9 Å². The Labute approximate surface area is 169 Å². The third-order valence-corrected chi connectivity index (χ3v) is 5.43. The van der Waals surface area contributed by atoms with Crippen molar-refractivity contribution in [1.82, 2.24) is 15.2 Å². The van der Waals surface area contributed by atoms with Crippen LogP contribution < -0.4 is 23.8 Å². The Morgan fingerprint density at radius 3 is 2.21 bits per heavy atom. The van der Waals surface area contributed by atoms with Crippen LogP contribution in [0.2, 0.25) is 0 Å². The summed E-state index contributed by atoms with van der Waals surface area (Å²) in [6.45, 7) is 0. The minimum absolute atomic E-state index is 0.325. The first-order valence-corrected chi connectivity index (χ1v) is 9.68. The van der Waals surface area contributed by atoms with Crippen LogP contribution >= 0.6 is 0 Å². The monoisotopic (exact) mass is 398 g/mol. The molecule has 0 saturated heterocycles. The smallest absolute Gasteiger partial charge is 0.214 e. The zero-order valence-corrected chi connectivity index (χ0v) is 17.2. The number of pyridine rings is 1. The molecule has 29 heavy (non-hydrogen) atoms. The number of benzene rings is 1. The van der Waals surface area contributed by atoms with Gasteiger partial charge in [-0.15, -0.1) is 0 Å². The average Bonchev–Trinajstić information content (AvgIpc) is 3.43. The molecule has 154 valence electrons. The highest BCUT2D eigenvalue weighted by Crippen LogP contribution is 2.45. The first-order valence-electron chi connectivity index (χ1n) is 9.68. The molecule has 1 aliphatic rings. The van der Waals surface area contributed by atoms with E-state index in [1.165, 1.54) is 12.8 Å². The Hall–Kier alpha value is -3.16. The van der Waals surface area contributed by atoms with Gasteiger partial charge in [0.2, 0.25) is 11.6 Å². The van der Waals surface area contributed by atoms with Gasteiger partial charge < -0.3 is 23.8 Å². The van der Waals surface area contributed by atoms with E-state index in [0.717, 1.165) is 29.7 Å². The molecular weight excluding hydrogens is 372 g/mol. The fourth-order valence-corrected chi connectivity index (χ4v) is 4.05. The zero-order valence-electron chi connectivity index (χ0n) is 17.2. The molecule has 0 unspecified atom stereocenters. The third kappa shape index (κ3) is 3.39. The molecule has 8 heteroatoms. The number of methoxy groups -OCH3 is 4. The number of rotatable bonds is 7. The lowest BCUT2D eigenvalue weighted by atomic mass is 10.1. The normalized spacial score (nSPS) is 14.2. The van der Waals surface area contributed by atoms with E-state index in [9.17, 15) is 0 Å². The number of nitrogens with one attached hydrogen (secondary N) is 1. The quantitative estimate of drug-likeness (QED) is 0.642. The molecule has 0 aliphatic heterocycles. The third-order valence-electron chi connectivity index (χ3n) is 5.43. The number of H-pyrrole nitrogens is 1. The summed E-state index contributed by atoms with van der Waals surface area (Å²) in [5, 5.41) is 8.60. The zero-order chi connectivity index (χ0) is 20.4. The minimum atomic E-state index is 0.325. The predicted molar refractivity (Wildman–Crippen MR) is 111 cm³/mol. The van der Waals surface area contributed by atoms with E-state index < -0.39 is 0 Å². The molecule has 1 N–H and O–H groups in total. The lowest BCUT2D eigenvalue weighted by Crippen LogP contribution is -2.29. The van der Waals surface area contributed by atoms with Crippen LogP contribution in [0.4, 0.5) is 11.5 Å². The first-order chi connectivity index (χ1) is 14.2. The van der Waals surface area contributed by atoms with Gasteiger partial charge in [0.15, 0.2) is 23.0 Å². The second-order valence-electron chi connectivity index (χ2n) is 6.99. The van der Waals surface area contributed by atoms with Crippen molar-refractivity contribution in [2.24, 2.45) is 0 Å². The molecule has 0 bridgehead atoms. The van der Waals surface area contributed by atoms with Gasteiger partial charge >= 0.3 is 0 Å². The Morgan fingerprint density at radius 1 is 0.931 bits per heavy atom. The van der Waals surface area contributed by atoms with Crippen LogP contribution in [-0.2, 0) is 0 Å². The summed E-state index contributed by atoms with van der Waals surface area (Å²) in [6.07, 6.45) is 4.57. The van der Waals surface area contributed by atoms with Crippen molar-refractivity contribution in [3.05, 3.63) is 24.3 Å². The van der Waals surface area contributed by atoms with E-state index >= 15 is 0 Å². The summed E-state index contributed by atoms with van der Waals surface area (Å²) >= 11 is 0. The first kappa shape index (κ1) is 19.2. The summed E-state index contributed by atoms with van der Waals surface area (Å²) in [6, 6.07) is 8.10. The number of anilines is 2. The Kier molecular flexibility index (Phi) is 5.33. The average molecular weight is 398 g/mol. The second-order valence-corrected chi connectivity index (χ2v) is 6.99. The molecule has 1 saturated carbocycles. The van der Waals surface area contributed by atoms with E-state index in [0.29, 0.717) is 34.8 Å². The Balaban J connectivity index is 1.88. The van der Waals surface area contributed by atoms with E-state index in [2.05, 4.69) is 20.1 Å². The maximum absolute atomic E-state index is 5.58. The molecule has 8 nitrogen and oxygen atoms in total. The summed E-state index contributed by atoms with van der Waals surface area (Å²) in [5.74, 6) is 3.18. The largest absolute Gasteiger partial charge is 0.493 e. The molecule has 2 aromatic heterocycles. The van der Waals surface area contributed by atoms with Gasteiger partial charge in [0, 0.05) is 24.2 Å². The highest BCUT2D eigenvalue weighted by Gasteiger charge is 2.29. The SMILES string of the molecule is COc1ccc2c(N(c3cc(OC)c(OC)c(OC)c3)C3CCCC3)n[nH]c2n1. The Bertz CT molecular complexity index is 973.